The van der Waals surface area contributed by atoms with Gasteiger partial charge in [-0.2, -0.15) is 26.3 Å². The third kappa shape index (κ3) is 9.18. The summed E-state index contributed by atoms with van der Waals surface area (Å²) in [5.74, 6) is -4.74. The van der Waals surface area contributed by atoms with Crippen LogP contribution in [-0.4, -0.2) is 30.7 Å². The molecular formula is C24H18BBrCl4F10O2. The monoisotopic (exact) mass is 758 g/mol. The van der Waals surface area contributed by atoms with E-state index in [2.05, 4.69) is 29.1 Å². The van der Waals surface area contributed by atoms with Crippen LogP contribution in [-0.2, 0) is 9.31 Å². The Kier molecular flexibility index (Phi) is 12.8. The van der Waals surface area contributed by atoms with Crippen molar-refractivity contribution in [3.8, 4) is 0 Å². The van der Waals surface area contributed by atoms with E-state index in [9.17, 15) is 43.9 Å². The van der Waals surface area contributed by atoms with Gasteiger partial charge in [0.15, 0.2) is 17.5 Å². The molecule has 42 heavy (non-hydrogen) atoms. The first-order chi connectivity index (χ1) is 18.7. The van der Waals surface area contributed by atoms with E-state index in [1.54, 1.807) is 0 Å². The Morgan fingerprint density at radius 1 is 0.714 bits per heavy atom. The third-order valence-electron chi connectivity index (χ3n) is 5.72. The molecule has 0 bridgehead atoms. The van der Waals surface area contributed by atoms with Gasteiger partial charge in [0, 0.05) is 11.0 Å². The zero-order chi connectivity index (χ0) is 33.3. The minimum absolute atomic E-state index is 0.00458. The largest absolute Gasteiger partial charge is 0.497 e. The molecule has 2 nitrogen and oxygen atoms in total. The average Bonchev–Trinajstić information content (AvgIpc) is 3.06. The number of hydrogen-bond acceptors (Lipinski definition) is 2. The first-order valence-electron chi connectivity index (χ1n) is 10.9. The lowest BCUT2D eigenvalue weighted by molar-refractivity contribution is -0.0825. The van der Waals surface area contributed by atoms with Gasteiger partial charge in [-0.3, -0.25) is 0 Å². The summed E-state index contributed by atoms with van der Waals surface area (Å²) >= 11 is 23.8. The number of allylic oxidation sites excluding steroid dienone is 2. The van der Waals surface area contributed by atoms with Gasteiger partial charge in [-0.05, 0) is 55.8 Å². The molecule has 0 atom stereocenters. The Labute approximate surface area is 262 Å². The Hall–Kier alpha value is -1.16. The van der Waals surface area contributed by atoms with Crippen molar-refractivity contribution in [2.24, 2.45) is 0 Å². The fourth-order valence-corrected chi connectivity index (χ4v) is 3.60. The molecule has 0 aliphatic carbocycles. The van der Waals surface area contributed by atoms with Crippen LogP contribution >= 0.6 is 62.3 Å². The van der Waals surface area contributed by atoms with E-state index in [1.165, 1.54) is 0 Å². The molecule has 2 aromatic rings. The highest BCUT2D eigenvalue weighted by Crippen LogP contribution is 2.39. The number of hydrogen-bond donors (Lipinski definition) is 0. The van der Waals surface area contributed by atoms with Gasteiger partial charge in [-0.1, -0.05) is 59.6 Å². The summed E-state index contributed by atoms with van der Waals surface area (Å²) in [5, 5.41) is -2.71. The van der Waals surface area contributed by atoms with Gasteiger partial charge in [0.25, 0.3) is 0 Å². The van der Waals surface area contributed by atoms with Crippen LogP contribution in [0.5, 0.6) is 0 Å². The van der Waals surface area contributed by atoms with Gasteiger partial charge in [0.05, 0.1) is 31.3 Å². The highest BCUT2D eigenvalue weighted by molar-refractivity contribution is 9.11. The second-order valence-electron chi connectivity index (χ2n) is 9.20. The molecule has 0 N–H and O–H groups in total. The molecule has 0 spiro atoms. The number of alkyl halides is 6. The van der Waals surface area contributed by atoms with Crippen LogP contribution < -0.4 is 5.46 Å². The second-order valence-corrected chi connectivity index (χ2v) is 11.7. The van der Waals surface area contributed by atoms with Crippen molar-refractivity contribution in [2.75, 3.05) is 0 Å². The van der Waals surface area contributed by atoms with Crippen molar-refractivity contribution in [2.45, 2.75) is 51.2 Å². The summed E-state index contributed by atoms with van der Waals surface area (Å²) in [6.07, 6.45) is -9.12. The summed E-state index contributed by atoms with van der Waals surface area (Å²) in [7, 11) is -0.972. The van der Waals surface area contributed by atoms with Gasteiger partial charge in [0.2, 0.25) is 0 Å². The predicted octanol–water partition coefficient (Wildman–Crippen LogP) is 10.9. The van der Waals surface area contributed by atoms with E-state index in [1.807, 2.05) is 27.7 Å². The minimum atomic E-state index is -4.84. The van der Waals surface area contributed by atoms with Gasteiger partial charge >= 0.3 is 19.5 Å². The van der Waals surface area contributed by atoms with Crippen molar-refractivity contribution < 1.29 is 53.2 Å². The molecule has 0 unspecified atom stereocenters. The standard InChI is InChI=1S/C12H13BCl2F2O2.C9H3Cl2F5.C3H2BrF3/c1-11(2)12(3,4)19-13(18-11)6-5-7(14)10(17)8(15)9(6)16;1-3(9(14,15)16)4-2-5(10)8(13)6(11)7(4)12;1-2(4)3(5,6)7/h5H,1-4H3;2H,1H2;1H2. The lowest BCUT2D eigenvalue weighted by atomic mass is 9.78. The summed E-state index contributed by atoms with van der Waals surface area (Å²) in [6.45, 7) is 12.6. The molecule has 1 aliphatic heterocycles. The summed E-state index contributed by atoms with van der Waals surface area (Å²) in [5.41, 5.74) is -3.71. The maximum absolute atomic E-state index is 14.0. The molecule has 2 aromatic carbocycles. The molecular weight excluding hydrogens is 743 g/mol. The first-order valence-corrected chi connectivity index (χ1v) is 13.2. The van der Waals surface area contributed by atoms with Gasteiger partial charge in [-0.25, -0.2) is 17.6 Å². The van der Waals surface area contributed by atoms with Crippen molar-refractivity contribution in [3.63, 3.8) is 0 Å². The van der Waals surface area contributed by atoms with E-state index < -0.39 is 84.6 Å². The van der Waals surface area contributed by atoms with Crippen molar-refractivity contribution in [1.82, 2.24) is 0 Å². The van der Waals surface area contributed by atoms with Crippen LogP contribution in [0.25, 0.3) is 5.57 Å². The maximum atomic E-state index is 14.0. The summed E-state index contributed by atoms with van der Waals surface area (Å²) in [4.78, 5) is 0. The number of benzene rings is 2. The van der Waals surface area contributed by atoms with E-state index in [0.29, 0.717) is 6.07 Å². The maximum Gasteiger partial charge on any atom is 0.497 e. The Morgan fingerprint density at radius 2 is 1.07 bits per heavy atom. The van der Waals surface area contributed by atoms with Crippen molar-refractivity contribution in [3.05, 3.63) is 78.7 Å². The molecule has 0 radical (unpaired) electrons. The van der Waals surface area contributed by atoms with Gasteiger partial charge in [-0.15, -0.1) is 0 Å². The fraction of sp³-hybridized carbons (Fsp3) is 0.333. The molecule has 3 rings (SSSR count). The topological polar surface area (TPSA) is 18.5 Å². The Balaban J connectivity index is 0.000000348. The van der Waals surface area contributed by atoms with Crippen LogP contribution in [0, 0.1) is 23.3 Å². The Morgan fingerprint density at radius 3 is 1.43 bits per heavy atom. The zero-order valence-electron chi connectivity index (χ0n) is 21.6. The average molecular weight is 761 g/mol. The van der Waals surface area contributed by atoms with Crippen LogP contribution in [0.3, 0.4) is 0 Å². The van der Waals surface area contributed by atoms with Gasteiger partial charge < -0.3 is 9.31 Å². The normalized spacial score (nSPS) is 15.8. The quantitative estimate of drug-likeness (QED) is 0.131. The van der Waals surface area contributed by atoms with E-state index in [0.717, 1.165) is 6.07 Å². The second kappa shape index (κ2) is 13.9. The summed E-state index contributed by atoms with van der Waals surface area (Å²) < 4.78 is 134. The number of halogens is 15. The minimum Gasteiger partial charge on any atom is -0.399 e. The number of rotatable bonds is 2. The summed E-state index contributed by atoms with van der Waals surface area (Å²) in [6, 6.07) is 1.63. The van der Waals surface area contributed by atoms with Crippen LogP contribution in [0.1, 0.15) is 33.3 Å². The first kappa shape index (κ1) is 38.9. The molecule has 234 valence electrons. The van der Waals surface area contributed by atoms with Crippen molar-refractivity contribution in [1.29, 1.82) is 0 Å². The molecule has 18 heteroatoms. The van der Waals surface area contributed by atoms with E-state index >= 15 is 0 Å². The fourth-order valence-electron chi connectivity index (χ4n) is 2.68. The van der Waals surface area contributed by atoms with Crippen LogP contribution in [0.2, 0.25) is 20.1 Å². The molecule has 0 aromatic heterocycles. The van der Waals surface area contributed by atoms with Gasteiger partial charge in [0.1, 0.15) is 15.9 Å². The van der Waals surface area contributed by atoms with E-state index in [-0.39, 0.29) is 10.5 Å². The highest BCUT2D eigenvalue weighted by Gasteiger charge is 2.52. The molecule has 1 saturated heterocycles. The van der Waals surface area contributed by atoms with Crippen LogP contribution in [0.15, 0.2) is 29.8 Å². The zero-order valence-corrected chi connectivity index (χ0v) is 26.2. The highest BCUT2D eigenvalue weighted by atomic mass is 79.9. The molecule has 1 heterocycles. The molecule has 1 fully saturated rings. The predicted molar refractivity (Wildman–Crippen MR) is 148 cm³/mol. The lowest BCUT2D eigenvalue weighted by Gasteiger charge is -2.32. The Bertz CT molecular complexity index is 1350. The molecule has 1 aliphatic rings. The smallest absolute Gasteiger partial charge is 0.399 e. The van der Waals surface area contributed by atoms with E-state index in [4.69, 9.17) is 55.7 Å². The van der Waals surface area contributed by atoms with Crippen LogP contribution in [0.4, 0.5) is 43.9 Å². The lowest BCUT2D eigenvalue weighted by Crippen LogP contribution is -2.41. The molecule has 0 amide bonds. The molecule has 0 saturated carbocycles. The SMILES string of the molecule is C=C(Br)C(F)(F)F.C=C(c1cc(Cl)c(F)c(Cl)c1F)C(F)(F)F.CC1(C)OB(c2cc(Cl)c(F)c(Cl)c2F)OC1(C)C. The third-order valence-corrected chi connectivity index (χ3v) is 7.38. The van der Waals surface area contributed by atoms with Crippen molar-refractivity contribution >= 4 is 80.5 Å².